The predicted octanol–water partition coefficient (Wildman–Crippen LogP) is 4.15. The number of halogens is 1. The van der Waals surface area contributed by atoms with Gasteiger partial charge in [-0.25, -0.2) is 19.8 Å². The number of nitrogens with one attached hydrogen (secondary N) is 5. The number of para-hydroxylation sites is 2. The van der Waals surface area contributed by atoms with E-state index >= 15 is 0 Å². The third kappa shape index (κ3) is 6.51. The van der Waals surface area contributed by atoms with Crippen LogP contribution < -0.4 is 41.2 Å². The first kappa shape index (κ1) is 25.4. The van der Waals surface area contributed by atoms with Gasteiger partial charge in [-0.2, -0.15) is 10.5 Å². The summed E-state index contributed by atoms with van der Waals surface area (Å²) in [5.74, 6) is 1.82. The van der Waals surface area contributed by atoms with Crippen molar-refractivity contribution in [3.8, 4) is 17.2 Å². The molecule has 1 aromatic heterocycles. The van der Waals surface area contributed by atoms with Crippen molar-refractivity contribution in [3.63, 3.8) is 0 Å². The lowest BCUT2D eigenvalue weighted by Gasteiger charge is -2.15. The summed E-state index contributed by atoms with van der Waals surface area (Å²) in [6, 6.07) is 17.5. The van der Waals surface area contributed by atoms with Crippen LogP contribution in [0.2, 0.25) is 0 Å². The van der Waals surface area contributed by atoms with Crippen LogP contribution in [0.1, 0.15) is 5.56 Å². The smallest absolute Gasteiger partial charge is 0.232 e. The highest BCUT2D eigenvalue weighted by Crippen LogP contribution is 2.40. The molecule has 0 aliphatic carbocycles. The number of benzene rings is 3. The molecule has 1 heterocycles. The normalized spacial score (nSPS) is 10.5. The number of nitrogens with zero attached hydrogens (tertiary/aromatic N) is 3. The van der Waals surface area contributed by atoms with Gasteiger partial charge in [-0.05, 0) is 18.2 Å². The van der Waals surface area contributed by atoms with E-state index in [-0.39, 0.29) is 5.82 Å². The fourth-order valence-electron chi connectivity index (χ4n) is 3.41. The molecule has 3 aromatic carbocycles. The fourth-order valence-corrected chi connectivity index (χ4v) is 3.41. The molecule has 0 saturated carbocycles. The molecule has 37 heavy (non-hydrogen) atoms. The van der Waals surface area contributed by atoms with E-state index in [0.717, 1.165) is 0 Å². The van der Waals surface area contributed by atoms with E-state index < -0.39 is 0 Å². The van der Waals surface area contributed by atoms with Crippen molar-refractivity contribution >= 4 is 29.0 Å². The summed E-state index contributed by atoms with van der Waals surface area (Å²) in [6.45, 7) is 0.290. The molecule has 11 nitrogen and oxygen atoms in total. The Bertz CT molecular complexity index is 1320. The molecule has 5 N–H and O–H groups in total. The van der Waals surface area contributed by atoms with Crippen LogP contribution in [0.4, 0.5) is 33.3 Å². The SMILES string of the molecule is COc1cc(Nc2ncnc(Nc3ccccc3NNNCc3ccccc3F)n2)cc(OC)c1OC. The largest absolute Gasteiger partial charge is 0.493 e. The average Bonchev–Trinajstić information content (AvgIpc) is 2.92. The Kier molecular flexibility index (Phi) is 8.47. The second kappa shape index (κ2) is 12.3. The Morgan fingerprint density at radius 1 is 0.784 bits per heavy atom. The zero-order valence-electron chi connectivity index (χ0n) is 20.5. The number of hydrazine groups is 2. The Morgan fingerprint density at radius 3 is 2.11 bits per heavy atom. The van der Waals surface area contributed by atoms with E-state index in [4.69, 9.17) is 14.2 Å². The van der Waals surface area contributed by atoms with Crippen LogP contribution in [-0.4, -0.2) is 36.3 Å². The van der Waals surface area contributed by atoms with E-state index in [9.17, 15) is 4.39 Å². The summed E-state index contributed by atoms with van der Waals surface area (Å²) >= 11 is 0. The van der Waals surface area contributed by atoms with Crippen molar-refractivity contribution < 1.29 is 18.6 Å². The number of anilines is 5. The third-order valence-electron chi connectivity index (χ3n) is 5.19. The van der Waals surface area contributed by atoms with Crippen LogP contribution in [0.25, 0.3) is 0 Å². The first-order valence-electron chi connectivity index (χ1n) is 11.2. The van der Waals surface area contributed by atoms with E-state index in [1.165, 1.54) is 12.4 Å². The van der Waals surface area contributed by atoms with Gasteiger partial charge in [-0.3, -0.25) is 0 Å². The van der Waals surface area contributed by atoms with Gasteiger partial charge in [0.05, 0.1) is 32.7 Å². The van der Waals surface area contributed by atoms with Crippen LogP contribution in [0.15, 0.2) is 67.0 Å². The van der Waals surface area contributed by atoms with Crippen LogP contribution in [0.3, 0.4) is 0 Å². The lowest BCUT2D eigenvalue weighted by molar-refractivity contribution is 0.324. The summed E-state index contributed by atoms with van der Waals surface area (Å²) in [5, 5.41) is 6.29. The Morgan fingerprint density at radius 2 is 1.43 bits per heavy atom. The summed E-state index contributed by atoms with van der Waals surface area (Å²) in [7, 11) is 4.63. The van der Waals surface area contributed by atoms with E-state index in [1.807, 2.05) is 24.3 Å². The molecule has 0 bridgehead atoms. The molecule has 4 aromatic rings. The van der Waals surface area contributed by atoms with Gasteiger partial charge in [-0.1, -0.05) is 30.3 Å². The molecule has 0 unspecified atom stereocenters. The number of hydrogen-bond donors (Lipinski definition) is 5. The number of aromatic nitrogens is 3. The number of ether oxygens (including phenoxy) is 3. The van der Waals surface area contributed by atoms with Gasteiger partial charge >= 0.3 is 0 Å². The van der Waals surface area contributed by atoms with Crippen LogP contribution in [-0.2, 0) is 6.54 Å². The van der Waals surface area contributed by atoms with E-state index in [1.54, 1.807) is 51.7 Å². The Labute approximate surface area is 213 Å². The highest BCUT2D eigenvalue weighted by molar-refractivity contribution is 5.72. The van der Waals surface area contributed by atoms with E-state index in [2.05, 4.69) is 42.0 Å². The maximum absolute atomic E-state index is 13.8. The molecule has 0 aliphatic rings. The first-order chi connectivity index (χ1) is 18.1. The highest BCUT2D eigenvalue weighted by atomic mass is 19.1. The van der Waals surface area contributed by atoms with Gasteiger partial charge in [-0.15, -0.1) is 0 Å². The number of rotatable bonds is 12. The van der Waals surface area contributed by atoms with Crippen molar-refractivity contribution in [2.24, 2.45) is 0 Å². The summed E-state index contributed by atoms with van der Waals surface area (Å²) < 4.78 is 29.9. The Hall–Kier alpha value is -4.68. The van der Waals surface area contributed by atoms with Gasteiger partial charge in [0.1, 0.15) is 12.1 Å². The van der Waals surface area contributed by atoms with Crippen molar-refractivity contribution in [2.45, 2.75) is 6.54 Å². The zero-order chi connectivity index (χ0) is 26.0. The van der Waals surface area contributed by atoms with Crippen LogP contribution >= 0.6 is 0 Å². The van der Waals surface area contributed by atoms with Gasteiger partial charge in [0.15, 0.2) is 11.5 Å². The third-order valence-corrected chi connectivity index (χ3v) is 5.19. The lowest BCUT2D eigenvalue weighted by atomic mass is 10.2. The van der Waals surface area contributed by atoms with Gasteiger partial charge in [0.25, 0.3) is 0 Å². The molecular weight excluding hydrogens is 479 g/mol. The molecule has 4 rings (SSSR count). The van der Waals surface area contributed by atoms with Gasteiger partial charge in [0, 0.05) is 29.9 Å². The minimum absolute atomic E-state index is 0.273. The second-order valence-corrected chi connectivity index (χ2v) is 7.54. The number of hydrogen-bond acceptors (Lipinski definition) is 11. The minimum atomic E-state index is -0.273. The van der Waals surface area contributed by atoms with Crippen LogP contribution in [0, 0.1) is 5.82 Å². The molecule has 0 aliphatic heterocycles. The quantitative estimate of drug-likeness (QED) is 0.141. The van der Waals surface area contributed by atoms with Crippen molar-refractivity contribution in [1.82, 2.24) is 25.9 Å². The molecule has 0 spiro atoms. The molecular formula is C25H27FN8O3. The second-order valence-electron chi connectivity index (χ2n) is 7.54. The Balaban J connectivity index is 1.42. The maximum atomic E-state index is 13.8. The van der Waals surface area contributed by atoms with Gasteiger partial charge in [0.2, 0.25) is 17.6 Å². The lowest BCUT2D eigenvalue weighted by Crippen LogP contribution is -2.36. The number of methoxy groups -OCH3 is 3. The molecule has 12 heteroatoms. The molecule has 192 valence electrons. The summed E-state index contributed by atoms with van der Waals surface area (Å²) in [4.78, 5) is 12.8. The van der Waals surface area contributed by atoms with Gasteiger partial charge < -0.3 is 30.3 Å². The monoisotopic (exact) mass is 506 g/mol. The summed E-state index contributed by atoms with van der Waals surface area (Å²) in [6.07, 6.45) is 1.39. The molecule has 0 atom stereocenters. The maximum Gasteiger partial charge on any atom is 0.232 e. The zero-order valence-corrected chi connectivity index (χ0v) is 20.5. The van der Waals surface area contributed by atoms with Crippen LogP contribution in [0.5, 0.6) is 17.2 Å². The van der Waals surface area contributed by atoms with Crippen molar-refractivity contribution in [3.05, 3.63) is 78.4 Å². The average molecular weight is 507 g/mol. The molecule has 0 amide bonds. The molecule has 0 saturated heterocycles. The minimum Gasteiger partial charge on any atom is -0.493 e. The first-order valence-corrected chi connectivity index (χ1v) is 11.2. The fraction of sp³-hybridized carbons (Fsp3) is 0.160. The molecule has 0 radical (unpaired) electrons. The predicted molar refractivity (Wildman–Crippen MR) is 139 cm³/mol. The summed E-state index contributed by atoms with van der Waals surface area (Å²) in [5.41, 5.74) is 11.4. The molecule has 0 fully saturated rings. The van der Waals surface area contributed by atoms with E-state index in [0.29, 0.717) is 58.3 Å². The standard InChI is InChI=1S/C25H27FN8O3/c1-35-21-12-17(13-22(36-2)23(21)37-3)30-24-27-15-28-25(32-24)31-19-10-6-7-11-20(19)33-34-29-14-16-8-4-5-9-18(16)26/h4-13,15,29,33-34H,14H2,1-3H3,(H2,27,28,30,31,32). The highest BCUT2D eigenvalue weighted by Gasteiger charge is 2.14. The van der Waals surface area contributed by atoms with Crippen molar-refractivity contribution in [2.75, 3.05) is 37.4 Å². The topological polar surface area (TPSA) is 127 Å². The van der Waals surface area contributed by atoms with Crippen molar-refractivity contribution in [1.29, 1.82) is 0 Å².